The van der Waals surface area contributed by atoms with E-state index in [0.717, 1.165) is 33.2 Å². The number of carbonyl (C=O) groups is 1. The van der Waals surface area contributed by atoms with E-state index in [2.05, 4.69) is 30.5 Å². The van der Waals surface area contributed by atoms with Gasteiger partial charge in [0.2, 0.25) is 0 Å². The lowest BCUT2D eigenvalue weighted by atomic mass is 10.1. The van der Waals surface area contributed by atoms with E-state index in [4.69, 9.17) is 0 Å². The molecule has 7 nitrogen and oxygen atoms in total. The third-order valence-corrected chi connectivity index (χ3v) is 4.98. The maximum absolute atomic E-state index is 12.7. The van der Waals surface area contributed by atoms with Gasteiger partial charge in [-0.25, -0.2) is 4.98 Å². The summed E-state index contributed by atoms with van der Waals surface area (Å²) in [5.41, 5.74) is 5.20. The molecule has 0 aliphatic carbocycles. The number of nitrogens with zero attached hydrogens (tertiary/aromatic N) is 3. The molecule has 0 saturated carbocycles. The lowest BCUT2D eigenvalue weighted by Gasteiger charge is -2.12. The van der Waals surface area contributed by atoms with Crippen molar-refractivity contribution in [2.75, 3.05) is 0 Å². The highest BCUT2D eigenvalue weighted by molar-refractivity contribution is 6.02. The van der Waals surface area contributed by atoms with Gasteiger partial charge in [-0.1, -0.05) is 30.3 Å². The maximum Gasteiger partial charge on any atom is 0.287 e. The largest absolute Gasteiger partial charge is 0.343 e. The van der Waals surface area contributed by atoms with E-state index in [9.17, 15) is 4.79 Å². The molecule has 1 unspecified atom stereocenters. The fraction of sp³-hybridized carbons (Fsp3) is 0.0909. The topological polar surface area (TPSA) is 99.3 Å². The number of nitrogens with one attached hydrogen (secondary N) is 3. The predicted octanol–water partition coefficient (Wildman–Crippen LogP) is 3.99. The number of carbonyl (C=O) groups excluding carboxylic acids is 1. The quantitative estimate of drug-likeness (QED) is 0.437. The van der Waals surface area contributed by atoms with E-state index in [1.165, 1.54) is 0 Å². The fourth-order valence-corrected chi connectivity index (χ4v) is 3.45. The van der Waals surface area contributed by atoms with Crippen LogP contribution in [-0.2, 0) is 0 Å². The number of aromatic nitrogens is 5. The number of fused-ring (bicyclic) bond motifs is 2. The average Bonchev–Trinajstić information content (AvgIpc) is 3.36. The second-order valence-electron chi connectivity index (χ2n) is 6.91. The fourth-order valence-electron chi connectivity index (χ4n) is 3.45. The van der Waals surface area contributed by atoms with E-state index >= 15 is 0 Å². The van der Waals surface area contributed by atoms with Crippen molar-refractivity contribution in [2.24, 2.45) is 0 Å². The molecule has 0 aliphatic rings. The van der Waals surface area contributed by atoms with Gasteiger partial charge in [-0.2, -0.15) is 5.10 Å². The molecule has 1 atom stereocenters. The molecule has 0 fully saturated rings. The van der Waals surface area contributed by atoms with Crippen molar-refractivity contribution in [1.29, 1.82) is 0 Å². The Morgan fingerprint density at radius 3 is 2.62 bits per heavy atom. The molecule has 2 aromatic carbocycles. The summed E-state index contributed by atoms with van der Waals surface area (Å²) in [6.45, 7) is 1.95. The number of hydrogen-bond donors (Lipinski definition) is 3. The molecule has 5 aromatic rings. The molecule has 29 heavy (non-hydrogen) atoms. The van der Waals surface area contributed by atoms with Crippen LogP contribution in [0.1, 0.15) is 29.1 Å². The molecule has 142 valence electrons. The van der Waals surface area contributed by atoms with Crippen molar-refractivity contribution >= 4 is 27.8 Å². The Hall–Kier alpha value is -4.00. The molecule has 0 bridgehead atoms. The Morgan fingerprint density at radius 1 is 1.03 bits per heavy atom. The van der Waals surface area contributed by atoms with Gasteiger partial charge in [-0.15, -0.1) is 0 Å². The summed E-state index contributed by atoms with van der Waals surface area (Å²) >= 11 is 0. The van der Waals surface area contributed by atoms with Crippen LogP contribution in [0, 0.1) is 0 Å². The minimum Gasteiger partial charge on any atom is -0.343 e. The Balaban J connectivity index is 1.48. The van der Waals surface area contributed by atoms with Gasteiger partial charge < -0.3 is 10.3 Å². The number of pyridine rings is 1. The second kappa shape index (κ2) is 6.87. The highest BCUT2D eigenvalue weighted by Crippen LogP contribution is 2.28. The van der Waals surface area contributed by atoms with Crippen LogP contribution in [0.25, 0.3) is 33.2 Å². The Labute approximate surface area is 166 Å². The molecule has 3 heterocycles. The van der Waals surface area contributed by atoms with Crippen molar-refractivity contribution in [3.63, 3.8) is 0 Å². The number of rotatable bonds is 4. The van der Waals surface area contributed by atoms with Crippen molar-refractivity contribution in [2.45, 2.75) is 13.0 Å². The number of H-pyrrole nitrogens is 2. The van der Waals surface area contributed by atoms with Crippen LogP contribution in [0.15, 0.2) is 67.0 Å². The average molecular weight is 382 g/mol. The van der Waals surface area contributed by atoms with Crippen molar-refractivity contribution in [1.82, 2.24) is 30.5 Å². The highest BCUT2D eigenvalue weighted by atomic mass is 16.2. The van der Waals surface area contributed by atoms with Crippen molar-refractivity contribution in [3.8, 4) is 11.3 Å². The van der Waals surface area contributed by atoms with Crippen molar-refractivity contribution < 1.29 is 4.79 Å². The maximum atomic E-state index is 12.7. The minimum absolute atomic E-state index is 0.117. The summed E-state index contributed by atoms with van der Waals surface area (Å²) in [5.74, 6) is 0.0440. The van der Waals surface area contributed by atoms with Gasteiger partial charge >= 0.3 is 0 Å². The normalized spacial score (nSPS) is 12.3. The van der Waals surface area contributed by atoms with E-state index in [0.29, 0.717) is 5.52 Å². The third-order valence-electron chi connectivity index (χ3n) is 4.98. The first kappa shape index (κ1) is 17.1. The van der Waals surface area contributed by atoms with Gasteiger partial charge in [0.15, 0.2) is 5.82 Å². The van der Waals surface area contributed by atoms with Crippen LogP contribution in [0.4, 0.5) is 0 Å². The lowest BCUT2D eigenvalue weighted by Crippen LogP contribution is -2.27. The van der Waals surface area contributed by atoms with Crippen LogP contribution < -0.4 is 5.32 Å². The van der Waals surface area contributed by atoms with Gasteiger partial charge in [0, 0.05) is 23.3 Å². The molecule has 0 spiro atoms. The van der Waals surface area contributed by atoms with E-state index in [-0.39, 0.29) is 17.8 Å². The van der Waals surface area contributed by atoms with E-state index < -0.39 is 0 Å². The first-order valence-corrected chi connectivity index (χ1v) is 9.33. The molecule has 3 aromatic heterocycles. The van der Waals surface area contributed by atoms with Gasteiger partial charge in [-0.05, 0) is 36.8 Å². The number of imidazole rings is 1. The molecular weight excluding hydrogens is 364 g/mol. The van der Waals surface area contributed by atoms with Crippen LogP contribution >= 0.6 is 0 Å². The summed E-state index contributed by atoms with van der Waals surface area (Å²) in [4.78, 5) is 24.4. The predicted molar refractivity (Wildman–Crippen MR) is 111 cm³/mol. The number of amides is 1. The zero-order chi connectivity index (χ0) is 19.8. The Morgan fingerprint density at radius 2 is 1.83 bits per heavy atom. The second-order valence-corrected chi connectivity index (χ2v) is 6.91. The summed E-state index contributed by atoms with van der Waals surface area (Å²) in [7, 11) is 0. The summed E-state index contributed by atoms with van der Waals surface area (Å²) < 4.78 is 0. The van der Waals surface area contributed by atoms with Crippen LogP contribution in [0.5, 0.6) is 0 Å². The number of hydrogen-bond acceptors (Lipinski definition) is 4. The molecule has 0 radical (unpaired) electrons. The van der Waals surface area contributed by atoms with Gasteiger partial charge in [0.1, 0.15) is 5.69 Å². The van der Waals surface area contributed by atoms with Gasteiger partial charge in [0.05, 0.1) is 22.6 Å². The Kier molecular flexibility index (Phi) is 4.05. The number of aromatic amines is 2. The molecule has 1 amide bonds. The van der Waals surface area contributed by atoms with Gasteiger partial charge in [0.25, 0.3) is 5.91 Å². The molecule has 3 N–H and O–H groups in total. The Bertz CT molecular complexity index is 1310. The first-order valence-electron chi connectivity index (χ1n) is 9.33. The molecule has 7 heteroatoms. The SMILES string of the molecule is CC(NC(=O)c1nc2cc3c(-c4ccncc4)n[nH]c3cc2[nH]1)c1ccccc1. The molecule has 5 rings (SSSR count). The first-order chi connectivity index (χ1) is 14.2. The minimum atomic E-state index is -0.242. The van der Waals surface area contributed by atoms with Crippen LogP contribution in [0.3, 0.4) is 0 Å². The van der Waals surface area contributed by atoms with Gasteiger partial charge in [-0.3, -0.25) is 14.9 Å². The standard InChI is InChI=1S/C22H18N6O/c1-13(14-5-3-2-4-6-14)24-22(29)21-25-18-11-16-17(12-19(18)26-21)27-28-20(16)15-7-9-23-10-8-15/h2-13H,1H3,(H,24,29)(H,25,26)(H,27,28). The summed E-state index contributed by atoms with van der Waals surface area (Å²) in [5, 5.41) is 11.4. The lowest BCUT2D eigenvalue weighted by molar-refractivity contribution is 0.0930. The molecule has 0 saturated heterocycles. The van der Waals surface area contributed by atoms with Crippen LogP contribution in [0.2, 0.25) is 0 Å². The smallest absolute Gasteiger partial charge is 0.287 e. The third kappa shape index (κ3) is 3.12. The summed E-state index contributed by atoms with van der Waals surface area (Å²) in [6.07, 6.45) is 3.47. The molecular formula is C22H18N6O. The monoisotopic (exact) mass is 382 g/mol. The molecule has 0 aliphatic heterocycles. The highest BCUT2D eigenvalue weighted by Gasteiger charge is 2.17. The number of benzene rings is 2. The zero-order valence-electron chi connectivity index (χ0n) is 15.7. The van der Waals surface area contributed by atoms with E-state index in [1.54, 1.807) is 12.4 Å². The zero-order valence-corrected chi connectivity index (χ0v) is 15.7. The van der Waals surface area contributed by atoms with Crippen LogP contribution in [-0.4, -0.2) is 31.1 Å². The van der Waals surface area contributed by atoms with E-state index in [1.807, 2.05) is 61.5 Å². The van der Waals surface area contributed by atoms with Crippen molar-refractivity contribution in [3.05, 3.63) is 78.4 Å². The summed E-state index contributed by atoms with van der Waals surface area (Å²) in [6, 6.07) is 17.4.